The van der Waals surface area contributed by atoms with E-state index >= 15 is 0 Å². The monoisotopic (exact) mass is 220 g/mol. The molecule has 86 valence electrons. The van der Waals surface area contributed by atoms with Crippen LogP contribution >= 0.6 is 0 Å². The van der Waals surface area contributed by atoms with Gasteiger partial charge >= 0.3 is 5.97 Å². The van der Waals surface area contributed by atoms with Crippen molar-refractivity contribution in [2.75, 3.05) is 0 Å². The van der Waals surface area contributed by atoms with E-state index in [0.717, 1.165) is 16.7 Å². The largest absolute Gasteiger partial charge is 0.508 e. The zero-order chi connectivity index (χ0) is 12.1. The fraction of sp³-hybridized carbons (Fsp3) is 0.308. The first-order valence-corrected chi connectivity index (χ1v) is 5.16. The van der Waals surface area contributed by atoms with Crippen LogP contribution in [-0.4, -0.2) is 16.2 Å². The summed E-state index contributed by atoms with van der Waals surface area (Å²) in [4.78, 5) is 10.5. The molecule has 16 heavy (non-hydrogen) atoms. The predicted octanol–water partition coefficient (Wildman–Crippen LogP) is 2.53. The molecule has 0 saturated heterocycles. The second-order valence-electron chi connectivity index (χ2n) is 3.94. The Hall–Kier alpha value is -1.77. The van der Waals surface area contributed by atoms with Gasteiger partial charge in [-0.2, -0.15) is 0 Å². The van der Waals surface area contributed by atoms with E-state index in [9.17, 15) is 9.90 Å². The number of carboxylic acid groups (broad SMARTS) is 1. The molecular weight excluding hydrogens is 204 g/mol. The molecule has 0 aromatic heterocycles. The van der Waals surface area contributed by atoms with Crippen molar-refractivity contribution in [3.8, 4) is 5.75 Å². The molecule has 0 unspecified atom stereocenters. The third-order valence-corrected chi connectivity index (χ3v) is 2.34. The topological polar surface area (TPSA) is 57.5 Å². The van der Waals surface area contributed by atoms with Crippen LogP contribution in [0, 0.1) is 0 Å². The van der Waals surface area contributed by atoms with Crippen LogP contribution in [0.3, 0.4) is 0 Å². The Bertz CT molecular complexity index is 408. The van der Waals surface area contributed by atoms with Crippen molar-refractivity contribution in [1.82, 2.24) is 0 Å². The Balaban J connectivity index is 2.93. The fourth-order valence-electron chi connectivity index (χ4n) is 1.60. The van der Waals surface area contributed by atoms with Crippen molar-refractivity contribution in [1.29, 1.82) is 0 Å². The summed E-state index contributed by atoms with van der Waals surface area (Å²) in [6.07, 6.45) is 1.10. The maximum Gasteiger partial charge on any atom is 0.303 e. The number of hydrogen-bond acceptors (Lipinski definition) is 2. The van der Waals surface area contributed by atoms with Gasteiger partial charge in [-0.15, -0.1) is 0 Å². The Morgan fingerprint density at radius 3 is 2.69 bits per heavy atom. The van der Waals surface area contributed by atoms with Crippen LogP contribution < -0.4 is 0 Å². The summed E-state index contributed by atoms with van der Waals surface area (Å²) in [5, 5.41) is 18.4. The first-order valence-electron chi connectivity index (χ1n) is 5.16. The number of hydrogen-bond donors (Lipinski definition) is 2. The summed E-state index contributed by atoms with van der Waals surface area (Å²) in [5.41, 5.74) is 2.61. The van der Waals surface area contributed by atoms with Gasteiger partial charge in [0, 0.05) is 12.0 Å². The molecule has 0 aliphatic rings. The normalized spacial score (nSPS) is 10.1. The second kappa shape index (κ2) is 5.35. The van der Waals surface area contributed by atoms with Gasteiger partial charge in [0.2, 0.25) is 0 Å². The third-order valence-electron chi connectivity index (χ3n) is 2.34. The van der Waals surface area contributed by atoms with Crippen molar-refractivity contribution in [2.45, 2.75) is 26.2 Å². The Morgan fingerprint density at radius 1 is 1.44 bits per heavy atom. The minimum Gasteiger partial charge on any atom is -0.508 e. The first kappa shape index (κ1) is 12.3. The lowest BCUT2D eigenvalue weighted by atomic mass is 9.97. The molecule has 0 heterocycles. The molecule has 2 N–H and O–H groups in total. The molecule has 0 atom stereocenters. The van der Waals surface area contributed by atoms with E-state index in [4.69, 9.17) is 5.11 Å². The van der Waals surface area contributed by atoms with E-state index in [1.165, 1.54) is 0 Å². The molecule has 3 nitrogen and oxygen atoms in total. The quantitative estimate of drug-likeness (QED) is 0.750. The predicted molar refractivity (Wildman–Crippen MR) is 62.6 cm³/mol. The summed E-state index contributed by atoms with van der Waals surface area (Å²) < 4.78 is 0. The number of carbonyl (C=O) groups is 1. The highest BCUT2D eigenvalue weighted by molar-refractivity contribution is 5.67. The zero-order valence-corrected chi connectivity index (χ0v) is 9.36. The van der Waals surface area contributed by atoms with E-state index in [0.29, 0.717) is 12.8 Å². The molecule has 0 amide bonds. The molecule has 0 fully saturated rings. The number of phenolic OH excluding ortho intramolecular Hbond substituents is 1. The van der Waals surface area contributed by atoms with Crippen molar-refractivity contribution in [3.63, 3.8) is 0 Å². The van der Waals surface area contributed by atoms with Gasteiger partial charge in [0.15, 0.2) is 0 Å². The van der Waals surface area contributed by atoms with Gasteiger partial charge in [0.05, 0.1) is 0 Å². The minimum absolute atomic E-state index is 0.0760. The number of rotatable bonds is 5. The highest BCUT2D eigenvalue weighted by Crippen LogP contribution is 2.24. The molecule has 1 aromatic carbocycles. The standard InChI is InChI=1S/C13H16O3/c1-9(2)8-11-10(6-7-13(15)16)4-3-5-12(11)14/h3-5,14H,1,6-8H2,2H3,(H,15,16). The lowest BCUT2D eigenvalue weighted by Gasteiger charge is -2.10. The Kier molecular flexibility index (Phi) is 4.11. The maximum absolute atomic E-state index is 10.5. The molecule has 0 bridgehead atoms. The van der Waals surface area contributed by atoms with Crippen molar-refractivity contribution in [2.24, 2.45) is 0 Å². The van der Waals surface area contributed by atoms with Crippen molar-refractivity contribution >= 4 is 5.97 Å². The van der Waals surface area contributed by atoms with E-state index in [-0.39, 0.29) is 12.2 Å². The van der Waals surface area contributed by atoms with E-state index < -0.39 is 5.97 Å². The minimum atomic E-state index is -0.829. The molecule has 1 rings (SSSR count). The van der Waals surface area contributed by atoms with Crippen LogP contribution in [0.15, 0.2) is 30.4 Å². The van der Waals surface area contributed by atoms with E-state index in [1.54, 1.807) is 12.1 Å². The highest BCUT2D eigenvalue weighted by Gasteiger charge is 2.09. The van der Waals surface area contributed by atoms with Gasteiger partial charge in [-0.05, 0) is 31.4 Å². The Labute approximate surface area is 95.0 Å². The molecule has 0 saturated carbocycles. The van der Waals surface area contributed by atoms with Crippen LogP contribution in [0.1, 0.15) is 24.5 Å². The number of carboxylic acids is 1. The van der Waals surface area contributed by atoms with E-state index in [1.807, 2.05) is 13.0 Å². The van der Waals surface area contributed by atoms with Crippen LogP contribution in [0.5, 0.6) is 5.75 Å². The lowest BCUT2D eigenvalue weighted by Crippen LogP contribution is -2.01. The fourth-order valence-corrected chi connectivity index (χ4v) is 1.60. The number of aryl methyl sites for hydroxylation is 1. The van der Waals surface area contributed by atoms with Crippen LogP contribution in [0.25, 0.3) is 0 Å². The summed E-state index contributed by atoms with van der Waals surface area (Å²) in [6, 6.07) is 5.19. The lowest BCUT2D eigenvalue weighted by molar-refractivity contribution is -0.136. The number of aliphatic carboxylic acids is 1. The van der Waals surface area contributed by atoms with Crippen molar-refractivity contribution < 1.29 is 15.0 Å². The number of phenols is 1. The van der Waals surface area contributed by atoms with Crippen molar-refractivity contribution in [3.05, 3.63) is 41.5 Å². The average Bonchev–Trinajstić information content (AvgIpc) is 2.18. The van der Waals surface area contributed by atoms with Gasteiger partial charge in [-0.1, -0.05) is 24.3 Å². The first-order chi connectivity index (χ1) is 7.50. The highest BCUT2D eigenvalue weighted by atomic mass is 16.4. The van der Waals surface area contributed by atoms with Crippen LogP contribution in [0.2, 0.25) is 0 Å². The summed E-state index contributed by atoms with van der Waals surface area (Å²) in [5.74, 6) is -0.615. The molecule has 0 spiro atoms. The molecule has 1 aromatic rings. The number of aromatic hydroxyl groups is 1. The van der Waals surface area contributed by atoms with Gasteiger partial charge in [0.25, 0.3) is 0 Å². The SMILES string of the molecule is C=C(C)Cc1c(O)cccc1CCC(=O)O. The average molecular weight is 220 g/mol. The zero-order valence-electron chi connectivity index (χ0n) is 9.36. The third kappa shape index (κ3) is 3.42. The molecule has 3 heteroatoms. The number of allylic oxidation sites excluding steroid dienone is 1. The van der Waals surface area contributed by atoms with Gasteiger partial charge in [-0.3, -0.25) is 4.79 Å². The van der Waals surface area contributed by atoms with Gasteiger partial charge < -0.3 is 10.2 Å². The summed E-state index contributed by atoms with van der Waals surface area (Å²) >= 11 is 0. The smallest absolute Gasteiger partial charge is 0.303 e. The number of benzene rings is 1. The second-order valence-corrected chi connectivity index (χ2v) is 3.94. The van der Waals surface area contributed by atoms with Gasteiger partial charge in [-0.25, -0.2) is 0 Å². The molecule has 0 aliphatic carbocycles. The summed E-state index contributed by atoms with van der Waals surface area (Å²) in [6.45, 7) is 5.68. The van der Waals surface area contributed by atoms with Crippen LogP contribution in [0.4, 0.5) is 0 Å². The Morgan fingerprint density at radius 2 is 2.12 bits per heavy atom. The van der Waals surface area contributed by atoms with Crippen LogP contribution in [-0.2, 0) is 17.6 Å². The molecule has 0 aliphatic heterocycles. The van der Waals surface area contributed by atoms with Gasteiger partial charge in [0.1, 0.15) is 5.75 Å². The summed E-state index contributed by atoms with van der Waals surface area (Å²) in [7, 11) is 0. The molecule has 0 radical (unpaired) electrons. The van der Waals surface area contributed by atoms with E-state index in [2.05, 4.69) is 6.58 Å². The molecular formula is C13H16O3. The maximum atomic E-state index is 10.5.